The molecule has 2 N–H and O–H groups in total. The van der Waals surface area contributed by atoms with E-state index in [0.717, 1.165) is 30.9 Å². The van der Waals surface area contributed by atoms with Crippen LogP contribution >= 0.6 is 12.2 Å². The topological polar surface area (TPSA) is 39.7 Å². The van der Waals surface area contributed by atoms with E-state index in [0.29, 0.717) is 6.04 Å². The van der Waals surface area contributed by atoms with Gasteiger partial charge in [0, 0.05) is 18.3 Å². The van der Waals surface area contributed by atoms with Crippen LogP contribution in [0.15, 0.2) is 5.10 Å². The quantitative estimate of drug-likeness (QED) is 0.371. The molecule has 0 radical (unpaired) electrons. The largest absolute Gasteiger partial charge is 0.347 e. The third kappa shape index (κ3) is 6.71. The molecule has 0 aromatic heterocycles. The molecule has 26 heavy (non-hydrogen) atoms. The van der Waals surface area contributed by atoms with E-state index >= 15 is 0 Å². The molecule has 1 unspecified atom stereocenters. The van der Waals surface area contributed by atoms with Gasteiger partial charge in [-0.15, -0.1) is 0 Å². The van der Waals surface area contributed by atoms with E-state index in [2.05, 4.69) is 36.4 Å². The van der Waals surface area contributed by atoms with Crippen molar-refractivity contribution in [1.82, 2.24) is 15.6 Å². The van der Waals surface area contributed by atoms with Crippen molar-refractivity contribution < 1.29 is 0 Å². The fraction of sp³-hybridized carbons (Fsp3) is 0.905. The second kappa shape index (κ2) is 11.1. The number of hydrazone groups is 1. The van der Waals surface area contributed by atoms with Gasteiger partial charge >= 0.3 is 0 Å². The number of hydrogen-bond donors (Lipinski definition) is 2. The second-order valence-electron chi connectivity index (χ2n) is 8.25. The molecular weight excluding hydrogens is 340 g/mol. The number of nitrogens with zero attached hydrogens (tertiary/aromatic N) is 2. The van der Waals surface area contributed by atoms with E-state index in [-0.39, 0.29) is 5.66 Å². The Labute approximate surface area is 166 Å². The lowest BCUT2D eigenvalue weighted by atomic mass is 9.96. The van der Waals surface area contributed by atoms with Gasteiger partial charge in [0.1, 0.15) is 5.66 Å². The molecule has 2 saturated carbocycles. The van der Waals surface area contributed by atoms with E-state index in [1.54, 1.807) is 0 Å². The van der Waals surface area contributed by atoms with Crippen molar-refractivity contribution in [2.75, 3.05) is 6.54 Å². The first-order valence-corrected chi connectivity index (χ1v) is 11.4. The maximum atomic E-state index is 5.84. The molecule has 2 fully saturated rings. The first-order valence-electron chi connectivity index (χ1n) is 11.0. The molecule has 0 aromatic carbocycles. The predicted octanol–water partition coefficient (Wildman–Crippen LogP) is 5.33. The van der Waals surface area contributed by atoms with E-state index in [1.165, 1.54) is 69.9 Å². The Kier molecular flexibility index (Phi) is 9.17. The average Bonchev–Trinajstić information content (AvgIpc) is 2.63. The fourth-order valence-electron chi connectivity index (χ4n) is 4.09. The maximum Gasteiger partial charge on any atom is 0.171 e. The fourth-order valence-corrected chi connectivity index (χ4v) is 4.59. The molecule has 0 amide bonds. The van der Waals surface area contributed by atoms with Gasteiger partial charge in [0.15, 0.2) is 5.11 Å². The highest BCUT2D eigenvalue weighted by Gasteiger charge is 2.27. The smallest absolute Gasteiger partial charge is 0.171 e. The van der Waals surface area contributed by atoms with Gasteiger partial charge in [-0.2, -0.15) is 5.10 Å². The van der Waals surface area contributed by atoms with Crippen LogP contribution in [-0.2, 0) is 0 Å². The lowest BCUT2D eigenvalue weighted by Crippen LogP contribution is -2.59. The lowest BCUT2D eigenvalue weighted by molar-refractivity contribution is 0.244. The zero-order valence-electron chi connectivity index (χ0n) is 17.3. The van der Waals surface area contributed by atoms with Crippen molar-refractivity contribution in [2.45, 2.75) is 116 Å². The molecule has 4 nitrogen and oxygen atoms in total. The van der Waals surface area contributed by atoms with Crippen LogP contribution in [0.1, 0.15) is 104 Å². The van der Waals surface area contributed by atoms with Gasteiger partial charge in [-0.1, -0.05) is 45.4 Å². The molecule has 2 aliphatic carbocycles. The third-order valence-electron chi connectivity index (χ3n) is 6.10. The molecule has 0 heterocycles. The summed E-state index contributed by atoms with van der Waals surface area (Å²) in [6.45, 7) is 7.57. The van der Waals surface area contributed by atoms with Crippen LogP contribution in [-0.4, -0.2) is 34.0 Å². The molecule has 2 rings (SSSR count). The van der Waals surface area contributed by atoms with Crippen molar-refractivity contribution in [3.05, 3.63) is 0 Å². The number of rotatable bonds is 6. The predicted molar refractivity (Wildman–Crippen MR) is 117 cm³/mol. The van der Waals surface area contributed by atoms with Crippen LogP contribution in [0, 0.1) is 0 Å². The lowest BCUT2D eigenvalue weighted by Gasteiger charge is -2.39. The second-order valence-corrected chi connectivity index (χ2v) is 8.64. The van der Waals surface area contributed by atoms with Crippen molar-refractivity contribution in [1.29, 1.82) is 0 Å². The SMILES string of the molecule is CCN(C(=S)NC(C)(CC)NN=C1CCCCC1)C1CCCCCCC1. The Morgan fingerprint density at radius 3 is 2.19 bits per heavy atom. The van der Waals surface area contributed by atoms with Gasteiger partial charge in [-0.25, -0.2) is 0 Å². The van der Waals surface area contributed by atoms with E-state index in [4.69, 9.17) is 17.3 Å². The number of hydrogen-bond acceptors (Lipinski definition) is 3. The molecule has 5 heteroatoms. The highest BCUT2D eigenvalue weighted by atomic mass is 32.1. The molecular formula is C21H40N4S. The van der Waals surface area contributed by atoms with E-state index in [9.17, 15) is 0 Å². The summed E-state index contributed by atoms with van der Waals surface area (Å²) < 4.78 is 0. The molecule has 0 bridgehead atoms. The zero-order valence-corrected chi connectivity index (χ0v) is 18.1. The number of nitrogens with one attached hydrogen (secondary N) is 2. The summed E-state index contributed by atoms with van der Waals surface area (Å²) in [5.74, 6) is 0. The van der Waals surface area contributed by atoms with Gasteiger partial charge in [0.05, 0.1) is 0 Å². The molecule has 0 spiro atoms. The van der Waals surface area contributed by atoms with Crippen LogP contribution in [0.5, 0.6) is 0 Å². The van der Waals surface area contributed by atoms with Gasteiger partial charge in [0.2, 0.25) is 0 Å². The van der Waals surface area contributed by atoms with Crippen molar-refractivity contribution in [2.24, 2.45) is 5.10 Å². The highest BCUT2D eigenvalue weighted by Crippen LogP contribution is 2.22. The van der Waals surface area contributed by atoms with E-state index < -0.39 is 0 Å². The summed E-state index contributed by atoms with van der Waals surface area (Å²) in [6, 6.07) is 0.589. The first-order chi connectivity index (χ1) is 12.6. The van der Waals surface area contributed by atoms with Crippen LogP contribution in [0.4, 0.5) is 0 Å². The summed E-state index contributed by atoms with van der Waals surface area (Å²) in [5, 5.41) is 9.22. The summed E-state index contributed by atoms with van der Waals surface area (Å²) >= 11 is 5.84. The van der Waals surface area contributed by atoms with Crippen molar-refractivity contribution in [3.8, 4) is 0 Å². The minimum Gasteiger partial charge on any atom is -0.347 e. The van der Waals surface area contributed by atoms with Crippen LogP contribution < -0.4 is 10.7 Å². The maximum absolute atomic E-state index is 5.84. The Morgan fingerprint density at radius 1 is 1.04 bits per heavy atom. The number of thiocarbonyl (C=S) groups is 1. The molecule has 2 aliphatic rings. The third-order valence-corrected chi connectivity index (χ3v) is 6.44. The summed E-state index contributed by atoms with van der Waals surface area (Å²) in [4.78, 5) is 2.42. The summed E-state index contributed by atoms with van der Waals surface area (Å²) in [5.41, 5.74) is 4.45. The molecule has 0 aliphatic heterocycles. The van der Waals surface area contributed by atoms with Gasteiger partial charge in [0.25, 0.3) is 0 Å². The molecule has 0 saturated heterocycles. The Balaban J connectivity index is 1.95. The first kappa shape index (κ1) is 21.5. The van der Waals surface area contributed by atoms with E-state index in [1.807, 2.05) is 0 Å². The summed E-state index contributed by atoms with van der Waals surface area (Å²) in [6.07, 6.45) is 16.5. The van der Waals surface area contributed by atoms with Crippen LogP contribution in [0.25, 0.3) is 0 Å². The Bertz CT molecular complexity index is 449. The molecule has 1 atom stereocenters. The average molecular weight is 381 g/mol. The zero-order chi connectivity index (χ0) is 18.8. The van der Waals surface area contributed by atoms with Gasteiger partial charge < -0.3 is 10.2 Å². The Hall–Kier alpha value is -0.840. The van der Waals surface area contributed by atoms with Crippen LogP contribution in [0.2, 0.25) is 0 Å². The Morgan fingerprint density at radius 2 is 1.62 bits per heavy atom. The van der Waals surface area contributed by atoms with Crippen molar-refractivity contribution in [3.63, 3.8) is 0 Å². The van der Waals surface area contributed by atoms with Crippen molar-refractivity contribution >= 4 is 23.0 Å². The monoisotopic (exact) mass is 380 g/mol. The minimum absolute atomic E-state index is 0.281. The standard InChI is InChI=1S/C21H40N4S/c1-4-21(3,24-23-18-14-10-9-11-15-18)22-20(26)25(5-2)19-16-12-7-6-8-13-17-19/h19,24H,4-17H2,1-3H3,(H,22,26). The minimum atomic E-state index is -0.281. The van der Waals surface area contributed by atoms with Crippen LogP contribution in [0.3, 0.4) is 0 Å². The molecule has 0 aromatic rings. The normalized spacial score (nSPS) is 21.9. The summed E-state index contributed by atoms with van der Waals surface area (Å²) in [7, 11) is 0. The molecule has 150 valence electrons. The highest BCUT2D eigenvalue weighted by molar-refractivity contribution is 7.80. The van der Waals surface area contributed by atoms with Gasteiger partial charge in [-0.3, -0.25) is 5.43 Å². The van der Waals surface area contributed by atoms with Gasteiger partial charge in [-0.05, 0) is 71.0 Å².